The van der Waals surface area contributed by atoms with Crippen LogP contribution in [-0.2, 0) is 10.7 Å². The van der Waals surface area contributed by atoms with Crippen LogP contribution in [0, 0.1) is 0 Å². The summed E-state index contributed by atoms with van der Waals surface area (Å²) in [5.41, 5.74) is 8.16. The molecule has 0 saturated carbocycles. The van der Waals surface area contributed by atoms with E-state index >= 15 is 0 Å². The predicted octanol–water partition coefficient (Wildman–Crippen LogP) is 0.0968. The van der Waals surface area contributed by atoms with E-state index in [4.69, 9.17) is 5.53 Å². The number of hydrogen-bond donors (Lipinski definition) is 1. The lowest BCUT2D eigenvalue weighted by atomic mass is 9.88. The van der Waals surface area contributed by atoms with Gasteiger partial charge >= 0.3 is 5.71 Å². The van der Waals surface area contributed by atoms with Gasteiger partial charge in [-0.1, -0.05) is 6.07 Å². The first-order valence-electron chi connectivity index (χ1n) is 4.62. The number of carbonyl (C=O) groups is 2. The Kier molecular flexibility index (Phi) is 2.71. The molecule has 7 heteroatoms. The van der Waals surface area contributed by atoms with Crippen molar-refractivity contribution < 1.29 is 22.8 Å². The number of carbonyl (C=O) groups excluding carboxylic acids is 2. The molecule has 0 N–H and O–H groups in total. The van der Waals surface area contributed by atoms with Gasteiger partial charge in [-0.2, -0.15) is 4.79 Å². The Hall–Kier alpha value is -2.11. The molecule has 86 valence electrons. The first-order valence-corrected chi connectivity index (χ1v) is 5.80. The van der Waals surface area contributed by atoms with E-state index in [0.717, 1.165) is 0 Å². The van der Waals surface area contributed by atoms with Crippen molar-refractivity contribution in [3.8, 4) is 0 Å². The third-order valence-corrected chi connectivity index (χ3v) is 3.24. The van der Waals surface area contributed by atoms with Gasteiger partial charge < -0.3 is 5.53 Å². The number of hydrogen-bond acceptors (Lipinski definition) is 4. The van der Waals surface area contributed by atoms with Crippen molar-refractivity contribution in [2.45, 2.75) is 11.3 Å². The number of fused-ring (bicyclic) bond motifs is 1. The zero-order valence-electron chi connectivity index (χ0n) is 8.41. The van der Waals surface area contributed by atoms with Crippen molar-refractivity contribution in [2.75, 3.05) is 0 Å². The highest BCUT2D eigenvalue weighted by Crippen LogP contribution is 2.23. The van der Waals surface area contributed by atoms with Gasteiger partial charge in [0.05, 0.1) is 4.90 Å². The van der Waals surface area contributed by atoms with E-state index in [1.807, 2.05) is 0 Å². The molecular weight excluding hydrogens is 244 g/mol. The summed E-state index contributed by atoms with van der Waals surface area (Å²) in [6.07, 6.45) is -0.386. The minimum atomic E-state index is -2.95. The Bertz CT molecular complexity index is 661. The fraction of sp³-hybridized carbons (Fsp3) is 0.100. The molecule has 1 aliphatic rings. The number of thiol groups is 1. The van der Waals surface area contributed by atoms with Gasteiger partial charge in [-0.05, 0) is 12.1 Å². The number of benzene rings is 1. The number of nitrogens with zero attached hydrogens (tertiary/aromatic N) is 2. The van der Waals surface area contributed by atoms with Crippen molar-refractivity contribution >= 4 is 28.0 Å². The van der Waals surface area contributed by atoms with Gasteiger partial charge in [-0.25, -0.2) is 8.42 Å². The second kappa shape index (κ2) is 4.04. The topological polar surface area (TPSA) is 105 Å². The minimum absolute atomic E-state index is 0.0363. The first kappa shape index (κ1) is 11.4. The number of rotatable bonds is 1. The van der Waals surface area contributed by atoms with Crippen LogP contribution in [0.3, 0.4) is 0 Å². The highest BCUT2D eigenvalue weighted by Gasteiger charge is 2.36. The summed E-state index contributed by atoms with van der Waals surface area (Å²) < 4.78 is 21.9. The molecule has 0 amide bonds. The second-order valence-electron chi connectivity index (χ2n) is 3.43. The van der Waals surface area contributed by atoms with Gasteiger partial charge in [0.25, 0.3) is 5.78 Å². The van der Waals surface area contributed by atoms with E-state index in [1.54, 1.807) is 0 Å². The highest BCUT2D eigenvalue weighted by molar-refractivity contribution is 7.72. The highest BCUT2D eigenvalue weighted by atomic mass is 32.2. The number of ketones is 2. The molecule has 1 aliphatic carbocycles. The molecule has 0 fully saturated rings. The van der Waals surface area contributed by atoms with Crippen LogP contribution in [0.25, 0.3) is 5.53 Å². The molecule has 0 aliphatic heterocycles. The van der Waals surface area contributed by atoms with E-state index in [0.29, 0.717) is 0 Å². The summed E-state index contributed by atoms with van der Waals surface area (Å²) in [4.78, 5) is 26.0. The van der Waals surface area contributed by atoms with Gasteiger partial charge in [0.1, 0.15) is 6.42 Å². The molecule has 0 radical (unpaired) electrons. The summed E-state index contributed by atoms with van der Waals surface area (Å²) in [6, 6.07) is 3.96. The summed E-state index contributed by atoms with van der Waals surface area (Å²) in [5.74, 6) is -1.16. The van der Waals surface area contributed by atoms with Crippen molar-refractivity contribution in [3.63, 3.8) is 0 Å². The summed E-state index contributed by atoms with van der Waals surface area (Å²) >= 11 is 0. The van der Waals surface area contributed by atoms with E-state index in [9.17, 15) is 18.0 Å². The first-order chi connectivity index (χ1) is 8.06. The predicted molar refractivity (Wildman–Crippen MR) is 56.9 cm³/mol. The summed E-state index contributed by atoms with van der Waals surface area (Å²) in [6.45, 7) is 0. The van der Waals surface area contributed by atoms with E-state index in [-0.39, 0.29) is 28.2 Å². The van der Waals surface area contributed by atoms with Crippen LogP contribution >= 0.6 is 0 Å². The molecule has 0 aromatic heterocycles. The monoisotopic (exact) mass is 250 g/mol. The van der Waals surface area contributed by atoms with Crippen LogP contribution < -0.4 is 0 Å². The maximum atomic E-state index is 11.7. The zero-order valence-corrected chi connectivity index (χ0v) is 9.31. The average molecular weight is 250 g/mol. The molecule has 1 aromatic carbocycles. The summed E-state index contributed by atoms with van der Waals surface area (Å²) in [7, 11) is -2.95. The van der Waals surface area contributed by atoms with Crippen molar-refractivity contribution in [3.05, 3.63) is 34.9 Å². The minimum Gasteiger partial charge on any atom is -0.361 e. The molecule has 0 bridgehead atoms. The normalized spacial score (nSPS) is 14.8. The van der Waals surface area contributed by atoms with Crippen molar-refractivity contribution in [2.24, 2.45) is 0 Å². The maximum Gasteiger partial charge on any atom is 0.347 e. The molecule has 0 spiro atoms. The van der Waals surface area contributed by atoms with E-state index < -0.39 is 22.3 Å². The smallest absolute Gasteiger partial charge is 0.347 e. The van der Waals surface area contributed by atoms with Crippen LogP contribution in [0.2, 0.25) is 0 Å². The third kappa shape index (κ3) is 1.71. The van der Waals surface area contributed by atoms with Gasteiger partial charge in [-0.3, -0.25) is 9.59 Å². The molecule has 0 heterocycles. The molecule has 0 atom stereocenters. The molecule has 17 heavy (non-hydrogen) atoms. The molecule has 1 aromatic rings. The zero-order chi connectivity index (χ0) is 12.6. The van der Waals surface area contributed by atoms with Gasteiger partial charge in [0.15, 0.2) is 16.5 Å². The van der Waals surface area contributed by atoms with Crippen LogP contribution in [0.1, 0.15) is 27.1 Å². The fourth-order valence-corrected chi connectivity index (χ4v) is 2.37. The fourth-order valence-electron chi connectivity index (χ4n) is 1.73. The molecule has 0 unspecified atom stereocenters. The second-order valence-corrected chi connectivity index (χ2v) is 4.43. The molecule has 2 rings (SSSR count). The molecular formula is C10H6N2O4S. The standard InChI is InChI=1S/C10H6N2O4S/c11-12-6-4-7(13)9-5(10(6)14)2-1-3-8(9)17(15)16/h1-3,17H,4H2. The van der Waals surface area contributed by atoms with Crippen molar-refractivity contribution in [1.29, 1.82) is 0 Å². The Balaban J connectivity index is 2.81. The van der Waals surface area contributed by atoms with Crippen LogP contribution in [0.15, 0.2) is 23.1 Å². The average Bonchev–Trinajstić information content (AvgIpc) is 2.32. The largest absolute Gasteiger partial charge is 0.361 e. The van der Waals surface area contributed by atoms with Crippen LogP contribution in [-0.4, -0.2) is 30.5 Å². The van der Waals surface area contributed by atoms with Gasteiger partial charge in [0.2, 0.25) is 0 Å². The van der Waals surface area contributed by atoms with Crippen LogP contribution in [0.5, 0.6) is 0 Å². The van der Waals surface area contributed by atoms with Gasteiger partial charge in [-0.15, -0.1) is 0 Å². The Morgan fingerprint density at radius 2 is 1.94 bits per heavy atom. The van der Waals surface area contributed by atoms with Crippen molar-refractivity contribution in [1.82, 2.24) is 0 Å². The quantitative estimate of drug-likeness (QED) is 0.433. The van der Waals surface area contributed by atoms with Crippen LogP contribution in [0.4, 0.5) is 0 Å². The number of Topliss-reactive ketones (excluding diaryl/α,β-unsaturated/α-hetero) is 2. The summed E-state index contributed by atoms with van der Waals surface area (Å²) in [5, 5.41) is 0. The Morgan fingerprint density at radius 1 is 1.24 bits per heavy atom. The maximum absolute atomic E-state index is 11.7. The molecule has 6 nitrogen and oxygen atoms in total. The Morgan fingerprint density at radius 3 is 2.53 bits per heavy atom. The molecule has 0 saturated heterocycles. The lowest BCUT2D eigenvalue weighted by Crippen LogP contribution is -2.28. The SMILES string of the molecule is [N-]=[N+]=C1CC(=O)c2c(cccc2[SH](=O)=O)C1=O. The van der Waals surface area contributed by atoms with Gasteiger partial charge in [0, 0.05) is 11.1 Å². The lowest BCUT2D eigenvalue weighted by Gasteiger charge is -2.11. The lowest BCUT2D eigenvalue weighted by molar-refractivity contribution is -0.00892. The van der Waals surface area contributed by atoms with E-state index in [1.165, 1.54) is 18.2 Å². The third-order valence-electron chi connectivity index (χ3n) is 2.47. The van der Waals surface area contributed by atoms with E-state index in [2.05, 4.69) is 4.79 Å². The Labute approximate surface area is 97.4 Å².